The van der Waals surface area contributed by atoms with Gasteiger partial charge in [0.1, 0.15) is 0 Å². The van der Waals surface area contributed by atoms with Gasteiger partial charge in [-0.2, -0.15) is 0 Å². The number of ether oxygens (including phenoxy) is 1. The smallest absolute Gasteiger partial charge is 0.212 e. The van der Waals surface area contributed by atoms with E-state index in [9.17, 15) is 0 Å². The summed E-state index contributed by atoms with van der Waals surface area (Å²) in [7, 11) is 3.61. The summed E-state index contributed by atoms with van der Waals surface area (Å²) >= 11 is 1.66. The van der Waals surface area contributed by atoms with Gasteiger partial charge in [-0.05, 0) is 19.0 Å². The molecule has 3 aromatic heterocycles. The first-order valence-corrected chi connectivity index (χ1v) is 7.73. The van der Waals surface area contributed by atoms with Crippen molar-refractivity contribution in [2.75, 3.05) is 14.2 Å². The molecule has 0 amide bonds. The number of nitrogens with one attached hydrogen (secondary N) is 1. The Kier molecular flexibility index (Phi) is 4.17. The number of methoxy groups -OCH3 is 1. The van der Waals surface area contributed by atoms with E-state index in [1.807, 2.05) is 30.9 Å². The molecule has 0 bridgehead atoms. The lowest BCUT2D eigenvalue weighted by Gasteiger charge is -2.14. The first-order chi connectivity index (χ1) is 10.3. The molecular weight excluding hydrogens is 284 g/mol. The highest BCUT2D eigenvalue weighted by Gasteiger charge is 2.12. The summed E-state index contributed by atoms with van der Waals surface area (Å²) in [5.74, 6) is 0.647. The van der Waals surface area contributed by atoms with Gasteiger partial charge in [-0.1, -0.05) is 6.07 Å². The summed E-state index contributed by atoms with van der Waals surface area (Å²) in [5.41, 5.74) is 2.30. The average Bonchev–Trinajstić information content (AvgIpc) is 3.08. The number of pyridine rings is 1. The molecule has 110 valence electrons. The van der Waals surface area contributed by atoms with Crippen LogP contribution in [0.5, 0.6) is 5.88 Å². The van der Waals surface area contributed by atoms with E-state index in [4.69, 9.17) is 4.74 Å². The first-order valence-electron chi connectivity index (χ1n) is 6.85. The van der Waals surface area contributed by atoms with Crippen LogP contribution in [0.1, 0.15) is 11.3 Å². The van der Waals surface area contributed by atoms with Crippen molar-refractivity contribution in [3.05, 3.63) is 47.4 Å². The number of hydrogen-bond donors (Lipinski definition) is 1. The van der Waals surface area contributed by atoms with Crippen molar-refractivity contribution in [2.24, 2.45) is 0 Å². The number of aromatic nitrogens is 3. The van der Waals surface area contributed by atoms with Crippen LogP contribution in [0.3, 0.4) is 0 Å². The van der Waals surface area contributed by atoms with Crippen LogP contribution in [0.2, 0.25) is 0 Å². The van der Waals surface area contributed by atoms with Crippen LogP contribution in [0, 0.1) is 0 Å². The summed E-state index contributed by atoms with van der Waals surface area (Å²) in [6.45, 7) is 0. The number of thiazole rings is 1. The number of hydrogen-bond acceptors (Lipinski definition) is 5. The largest absolute Gasteiger partial charge is 0.481 e. The van der Waals surface area contributed by atoms with Gasteiger partial charge in [-0.25, -0.2) is 9.97 Å². The van der Waals surface area contributed by atoms with E-state index in [1.165, 1.54) is 5.56 Å². The molecule has 0 spiro atoms. The minimum atomic E-state index is 0.338. The maximum atomic E-state index is 5.08. The monoisotopic (exact) mass is 302 g/mol. The second kappa shape index (κ2) is 6.24. The van der Waals surface area contributed by atoms with Gasteiger partial charge in [0.05, 0.1) is 12.8 Å². The second-order valence-corrected chi connectivity index (χ2v) is 5.80. The van der Waals surface area contributed by atoms with Crippen molar-refractivity contribution in [1.82, 2.24) is 19.7 Å². The molecule has 1 atom stereocenters. The van der Waals surface area contributed by atoms with E-state index in [0.717, 1.165) is 23.5 Å². The molecule has 3 heterocycles. The van der Waals surface area contributed by atoms with E-state index < -0.39 is 0 Å². The zero-order valence-corrected chi connectivity index (χ0v) is 12.9. The van der Waals surface area contributed by atoms with E-state index in [2.05, 4.69) is 31.9 Å². The summed E-state index contributed by atoms with van der Waals surface area (Å²) in [5, 5.41) is 5.41. The van der Waals surface area contributed by atoms with Gasteiger partial charge in [-0.15, -0.1) is 11.3 Å². The molecule has 1 unspecified atom stereocenters. The molecule has 3 rings (SSSR count). The van der Waals surface area contributed by atoms with Crippen LogP contribution >= 0.6 is 11.3 Å². The summed E-state index contributed by atoms with van der Waals surface area (Å²) in [4.78, 5) is 9.93. The molecule has 6 heteroatoms. The van der Waals surface area contributed by atoms with Crippen molar-refractivity contribution >= 4 is 16.3 Å². The Morgan fingerprint density at radius 3 is 2.95 bits per heavy atom. The second-order valence-electron chi connectivity index (χ2n) is 4.93. The van der Waals surface area contributed by atoms with Gasteiger partial charge >= 0.3 is 0 Å². The molecule has 21 heavy (non-hydrogen) atoms. The Bertz CT molecular complexity index is 675. The van der Waals surface area contributed by atoms with E-state index in [0.29, 0.717) is 11.9 Å². The predicted octanol–water partition coefficient (Wildman–Crippen LogP) is 2.17. The Morgan fingerprint density at radius 1 is 1.38 bits per heavy atom. The molecule has 0 aliphatic heterocycles. The zero-order chi connectivity index (χ0) is 14.7. The first kappa shape index (κ1) is 14.0. The van der Waals surface area contributed by atoms with Crippen molar-refractivity contribution in [2.45, 2.75) is 18.9 Å². The molecule has 0 radical (unpaired) electrons. The normalized spacial score (nSPS) is 12.7. The van der Waals surface area contributed by atoms with Crippen molar-refractivity contribution in [1.29, 1.82) is 0 Å². The minimum Gasteiger partial charge on any atom is -0.481 e. The molecule has 0 aromatic carbocycles. The molecule has 0 saturated carbocycles. The van der Waals surface area contributed by atoms with Crippen LogP contribution in [0.15, 0.2) is 36.1 Å². The average molecular weight is 302 g/mol. The van der Waals surface area contributed by atoms with Crippen LogP contribution in [-0.4, -0.2) is 34.6 Å². The van der Waals surface area contributed by atoms with Crippen LogP contribution in [0.4, 0.5) is 0 Å². The Balaban J connectivity index is 1.67. The highest BCUT2D eigenvalue weighted by Crippen LogP contribution is 2.14. The van der Waals surface area contributed by atoms with Crippen LogP contribution in [-0.2, 0) is 12.8 Å². The van der Waals surface area contributed by atoms with Gasteiger partial charge in [0.15, 0.2) is 4.96 Å². The molecule has 0 aliphatic rings. The lowest BCUT2D eigenvalue weighted by atomic mass is 10.0. The fourth-order valence-electron chi connectivity index (χ4n) is 2.34. The third-order valence-corrected chi connectivity index (χ3v) is 4.27. The van der Waals surface area contributed by atoms with Crippen molar-refractivity contribution < 1.29 is 4.74 Å². The number of imidazole rings is 1. The maximum absolute atomic E-state index is 5.08. The van der Waals surface area contributed by atoms with Crippen LogP contribution in [0.25, 0.3) is 4.96 Å². The maximum Gasteiger partial charge on any atom is 0.212 e. The van der Waals surface area contributed by atoms with Crippen LogP contribution < -0.4 is 10.1 Å². The molecule has 5 nitrogen and oxygen atoms in total. The standard InChI is InChI=1S/C15H18N4OS/c1-16-12(7-11-3-4-14(20-2)17-9-11)8-13-10-19-5-6-21-15(19)18-13/h3-6,9-10,12,16H,7-8H2,1-2H3. The SMILES string of the molecule is CNC(Cc1ccc(OC)nc1)Cc1cn2ccsc2n1. The third-order valence-electron chi connectivity index (χ3n) is 3.50. The predicted molar refractivity (Wildman–Crippen MR) is 84.1 cm³/mol. The van der Waals surface area contributed by atoms with Gasteiger partial charge in [-0.3, -0.25) is 4.40 Å². The fourth-order valence-corrected chi connectivity index (χ4v) is 3.06. The molecule has 0 fully saturated rings. The van der Waals surface area contributed by atoms with Crippen molar-refractivity contribution in [3.8, 4) is 5.88 Å². The Labute approximate surface area is 127 Å². The Hall–Kier alpha value is -1.92. The van der Waals surface area contributed by atoms with Gasteiger partial charge < -0.3 is 10.1 Å². The Morgan fingerprint density at radius 2 is 2.29 bits per heavy atom. The zero-order valence-electron chi connectivity index (χ0n) is 12.1. The minimum absolute atomic E-state index is 0.338. The van der Waals surface area contributed by atoms with Gasteiger partial charge in [0, 0.05) is 42.5 Å². The van der Waals surface area contributed by atoms with Crippen molar-refractivity contribution in [3.63, 3.8) is 0 Å². The van der Waals surface area contributed by atoms with E-state index >= 15 is 0 Å². The third kappa shape index (κ3) is 3.22. The lowest BCUT2D eigenvalue weighted by molar-refractivity contribution is 0.397. The van der Waals surface area contributed by atoms with Gasteiger partial charge in [0.25, 0.3) is 0 Å². The molecule has 0 aliphatic carbocycles. The number of fused-ring (bicyclic) bond motifs is 1. The van der Waals surface area contributed by atoms with Gasteiger partial charge in [0.2, 0.25) is 5.88 Å². The molecule has 3 aromatic rings. The summed E-state index contributed by atoms with van der Waals surface area (Å²) in [6, 6.07) is 4.29. The number of nitrogens with zero attached hydrogens (tertiary/aromatic N) is 3. The summed E-state index contributed by atoms with van der Waals surface area (Å²) in [6.07, 6.45) is 7.82. The fraction of sp³-hybridized carbons (Fsp3) is 0.333. The topological polar surface area (TPSA) is 51.5 Å². The number of likely N-dealkylation sites (N-methyl/N-ethyl adjacent to an activating group) is 1. The summed E-state index contributed by atoms with van der Waals surface area (Å²) < 4.78 is 7.15. The highest BCUT2D eigenvalue weighted by atomic mass is 32.1. The molecular formula is C15H18N4OS. The van der Waals surface area contributed by atoms with E-state index in [1.54, 1.807) is 18.4 Å². The lowest BCUT2D eigenvalue weighted by Crippen LogP contribution is -2.30. The molecule has 1 N–H and O–H groups in total. The molecule has 0 saturated heterocycles. The number of rotatable bonds is 6. The van der Waals surface area contributed by atoms with E-state index in [-0.39, 0.29) is 0 Å². The quantitative estimate of drug-likeness (QED) is 0.758. The highest BCUT2D eigenvalue weighted by molar-refractivity contribution is 7.15.